The van der Waals surface area contributed by atoms with E-state index in [2.05, 4.69) is 6.07 Å². The summed E-state index contributed by atoms with van der Waals surface area (Å²) in [5, 5.41) is 8.53. The number of hydrogen-bond donors (Lipinski definition) is 2. The Labute approximate surface area is 226 Å². The molecular formula is C30H31F2N3O4. The summed E-state index contributed by atoms with van der Waals surface area (Å²) in [5.74, 6) is -0.0806. The molecule has 3 aromatic rings. The Morgan fingerprint density at radius 1 is 0.897 bits per heavy atom. The average Bonchev–Trinajstić information content (AvgIpc) is 2.90. The molecule has 0 spiro atoms. The highest BCUT2D eigenvalue weighted by atomic mass is 19.3. The summed E-state index contributed by atoms with van der Waals surface area (Å²) in [6.07, 6.45) is 2.68. The van der Waals surface area contributed by atoms with Crippen LogP contribution in [0, 0.1) is 11.3 Å². The van der Waals surface area contributed by atoms with Gasteiger partial charge in [0.25, 0.3) is 0 Å². The SMILES string of the molecule is N#CCCCCCOc1ccc(C(F)(F)Oc2ccc(/C=C/C(=O)OCCc3cc(N)cc(N)c3)cc2)cc1. The predicted molar refractivity (Wildman–Crippen MR) is 146 cm³/mol. The molecule has 204 valence electrons. The second-order valence-electron chi connectivity index (χ2n) is 8.79. The minimum atomic E-state index is -3.55. The Morgan fingerprint density at radius 2 is 1.56 bits per heavy atom. The number of benzene rings is 3. The van der Waals surface area contributed by atoms with Crippen LogP contribution in [-0.4, -0.2) is 19.2 Å². The van der Waals surface area contributed by atoms with E-state index in [-0.39, 0.29) is 17.9 Å². The van der Waals surface area contributed by atoms with Gasteiger partial charge >= 0.3 is 12.1 Å². The van der Waals surface area contributed by atoms with Crippen molar-refractivity contribution in [2.45, 2.75) is 38.2 Å². The zero-order valence-corrected chi connectivity index (χ0v) is 21.4. The zero-order valence-electron chi connectivity index (χ0n) is 21.4. The number of nitrogens with zero attached hydrogens (tertiary/aromatic N) is 1. The normalized spacial score (nSPS) is 11.2. The van der Waals surface area contributed by atoms with Gasteiger partial charge in [-0.05, 0) is 91.1 Å². The number of ether oxygens (including phenoxy) is 3. The number of carbonyl (C=O) groups excluding carboxylic acids is 1. The van der Waals surface area contributed by atoms with Crippen molar-refractivity contribution in [2.24, 2.45) is 0 Å². The Morgan fingerprint density at radius 3 is 2.23 bits per heavy atom. The number of alkyl halides is 2. The van der Waals surface area contributed by atoms with Gasteiger partial charge in [-0.2, -0.15) is 14.0 Å². The zero-order chi connectivity index (χ0) is 28.1. The van der Waals surface area contributed by atoms with Gasteiger partial charge in [0, 0.05) is 30.3 Å². The summed E-state index contributed by atoms with van der Waals surface area (Å²) in [4.78, 5) is 12.0. The van der Waals surface area contributed by atoms with E-state index >= 15 is 0 Å². The van der Waals surface area contributed by atoms with Crippen LogP contribution >= 0.6 is 0 Å². The molecule has 0 atom stereocenters. The van der Waals surface area contributed by atoms with E-state index in [0.717, 1.165) is 24.8 Å². The van der Waals surface area contributed by atoms with Gasteiger partial charge in [0.15, 0.2) is 0 Å². The van der Waals surface area contributed by atoms with E-state index in [1.165, 1.54) is 48.6 Å². The minimum Gasteiger partial charge on any atom is -0.494 e. The minimum absolute atomic E-state index is 0.0289. The maximum Gasteiger partial charge on any atom is 0.426 e. The largest absolute Gasteiger partial charge is 0.494 e. The van der Waals surface area contributed by atoms with E-state index in [4.69, 9.17) is 30.9 Å². The standard InChI is InChI=1S/C30H31F2N3O4/c31-30(32,24-8-12-27(13-9-24)37-17-4-2-1-3-16-33)39-28-10-5-22(6-11-28)7-14-29(36)38-18-15-23-19-25(34)21-26(35)20-23/h5-14,19-21H,1-4,15,17-18,34-35H2/b14-7+. The van der Waals surface area contributed by atoms with Crippen LogP contribution in [0.4, 0.5) is 20.2 Å². The highest BCUT2D eigenvalue weighted by molar-refractivity contribution is 5.87. The van der Waals surface area contributed by atoms with E-state index in [9.17, 15) is 13.6 Å². The van der Waals surface area contributed by atoms with E-state index in [0.29, 0.717) is 42.1 Å². The lowest BCUT2D eigenvalue weighted by Gasteiger charge is -2.18. The van der Waals surface area contributed by atoms with Crippen molar-refractivity contribution in [1.82, 2.24) is 0 Å². The molecular weight excluding hydrogens is 504 g/mol. The Bertz CT molecular complexity index is 1270. The number of hydrogen-bond acceptors (Lipinski definition) is 7. The summed E-state index contributed by atoms with van der Waals surface area (Å²) < 4.78 is 45.0. The first kappa shape index (κ1) is 29.0. The topological polar surface area (TPSA) is 121 Å². The monoisotopic (exact) mass is 535 g/mol. The number of rotatable bonds is 14. The third kappa shape index (κ3) is 10.0. The van der Waals surface area contributed by atoms with Gasteiger partial charge < -0.3 is 25.7 Å². The van der Waals surface area contributed by atoms with Crippen molar-refractivity contribution in [3.63, 3.8) is 0 Å². The first-order valence-electron chi connectivity index (χ1n) is 12.5. The van der Waals surface area contributed by atoms with Crippen LogP contribution in [0.15, 0.2) is 72.8 Å². The maximum absolute atomic E-state index is 14.7. The molecule has 0 radical (unpaired) electrons. The van der Waals surface area contributed by atoms with Crippen molar-refractivity contribution in [3.05, 3.63) is 89.5 Å². The van der Waals surface area contributed by atoms with E-state index in [1.807, 2.05) is 0 Å². The molecule has 0 fully saturated rings. The Balaban J connectivity index is 1.44. The van der Waals surface area contributed by atoms with Gasteiger partial charge in [-0.1, -0.05) is 12.1 Å². The quantitative estimate of drug-likeness (QED) is 0.108. The molecule has 3 rings (SSSR count). The van der Waals surface area contributed by atoms with Crippen molar-refractivity contribution in [1.29, 1.82) is 5.26 Å². The fourth-order valence-electron chi connectivity index (χ4n) is 3.64. The second-order valence-corrected chi connectivity index (χ2v) is 8.79. The molecule has 0 heterocycles. The molecule has 0 aliphatic heterocycles. The van der Waals surface area contributed by atoms with E-state index < -0.39 is 12.1 Å². The summed E-state index contributed by atoms with van der Waals surface area (Å²) in [6, 6.07) is 18.6. The number of nitrogen functional groups attached to an aromatic ring is 2. The molecule has 0 amide bonds. The first-order valence-corrected chi connectivity index (χ1v) is 12.5. The summed E-state index contributed by atoms with van der Waals surface area (Å²) in [6.45, 7) is 0.610. The number of carbonyl (C=O) groups is 1. The lowest BCUT2D eigenvalue weighted by Crippen LogP contribution is -2.21. The number of nitriles is 1. The number of halogens is 2. The average molecular weight is 536 g/mol. The maximum atomic E-state index is 14.7. The van der Waals surface area contributed by atoms with Gasteiger partial charge in [0.2, 0.25) is 0 Å². The summed E-state index contributed by atoms with van der Waals surface area (Å²) in [5.41, 5.74) is 13.7. The van der Waals surface area contributed by atoms with Gasteiger partial charge in [-0.25, -0.2) is 4.79 Å². The fraction of sp³-hybridized carbons (Fsp3) is 0.267. The first-order chi connectivity index (χ1) is 18.7. The molecule has 0 saturated heterocycles. The fourth-order valence-corrected chi connectivity index (χ4v) is 3.64. The molecule has 7 nitrogen and oxygen atoms in total. The molecule has 0 aromatic heterocycles. The van der Waals surface area contributed by atoms with E-state index in [1.54, 1.807) is 30.3 Å². The van der Waals surface area contributed by atoms with Crippen LogP contribution in [0.3, 0.4) is 0 Å². The number of esters is 1. The van der Waals surface area contributed by atoms with Crippen LogP contribution in [0.2, 0.25) is 0 Å². The van der Waals surface area contributed by atoms with Crippen molar-refractivity contribution in [3.8, 4) is 17.6 Å². The molecule has 0 saturated carbocycles. The lowest BCUT2D eigenvalue weighted by molar-refractivity contribution is -0.185. The number of anilines is 2. The molecule has 4 N–H and O–H groups in total. The Hall–Kier alpha value is -4.58. The van der Waals surface area contributed by atoms with Crippen molar-refractivity contribution < 1.29 is 27.8 Å². The van der Waals surface area contributed by atoms with Gasteiger partial charge in [-0.3, -0.25) is 0 Å². The van der Waals surface area contributed by atoms with Crippen LogP contribution in [0.5, 0.6) is 11.5 Å². The molecule has 0 unspecified atom stereocenters. The molecule has 3 aromatic carbocycles. The van der Waals surface area contributed by atoms with Gasteiger partial charge in [0.05, 0.1) is 24.8 Å². The van der Waals surface area contributed by atoms with Crippen LogP contribution < -0.4 is 20.9 Å². The Kier molecular flexibility index (Phi) is 10.7. The lowest BCUT2D eigenvalue weighted by atomic mass is 10.1. The highest BCUT2D eigenvalue weighted by Gasteiger charge is 2.34. The van der Waals surface area contributed by atoms with Gasteiger partial charge in [-0.15, -0.1) is 0 Å². The smallest absolute Gasteiger partial charge is 0.426 e. The van der Waals surface area contributed by atoms with Crippen molar-refractivity contribution in [2.75, 3.05) is 24.7 Å². The third-order valence-electron chi connectivity index (χ3n) is 5.60. The molecule has 9 heteroatoms. The highest BCUT2D eigenvalue weighted by Crippen LogP contribution is 2.32. The third-order valence-corrected chi connectivity index (χ3v) is 5.60. The molecule has 0 bridgehead atoms. The number of nitrogens with two attached hydrogens (primary N) is 2. The molecule has 39 heavy (non-hydrogen) atoms. The molecule has 0 aliphatic rings. The van der Waals surface area contributed by atoms with Gasteiger partial charge in [0.1, 0.15) is 11.5 Å². The van der Waals surface area contributed by atoms with Crippen LogP contribution in [-0.2, 0) is 22.1 Å². The van der Waals surface area contributed by atoms with Crippen molar-refractivity contribution >= 4 is 23.4 Å². The van der Waals surface area contributed by atoms with Crippen LogP contribution in [0.1, 0.15) is 42.4 Å². The molecule has 0 aliphatic carbocycles. The predicted octanol–water partition coefficient (Wildman–Crippen LogP) is 6.24. The van der Waals surface area contributed by atoms with Crippen LogP contribution in [0.25, 0.3) is 6.08 Å². The second kappa shape index (κ2) is 14.4. The summed E-state index contributed by atoms with van der Waals surface area (Å²) >= 11 is 0. The summed E-state index contributed by atoms with van der Waals surface area (Å²) in [7, 11) is 0. The number of unbranched alkanes of at least 4 members (excludes halogenated alkanes) is 3.